The monoisotopic (exact) mass is 457 g/mol. The van der Waals surface area contributed by atoms with E-state index >= 15 is 0 Å². The number of hydrogen-bond donors (Lipinski definition) is 2. The molecule has 3 aromatic rings. The van der Waals surface area contributed by atoms with Crippen LogP contribution in [0, 0.1) is 17.8 Å². The van der Waals surface area contributed by atoms with E-state index in [4.69, 9.17) is 4.74 Å². The predicted molar refractivity (Wildman–Crippen MR) is 129 cm³/mol. The van der Waals surface area contributed by atoms with E-state index in [0.29, 0.717) is 28.4 Å². The number of nitrogens with zero attached hydrogens (tertiary/aromatic N) is 5. The van der Waals surface area contributed by atoms with Crippen molar-refractivity contribution in [1.82, 2.24) is 25.1 Å². The molecule has 1 saturated carbocycles. The average molecular weight is 458 g/mol. The Labute approximate surface area is 198 Å². The van der Waals surface area contributed by atoms with Crippen LogP contribution < -0.4 is 10.6 Å². The molecular weight excluding hydrogens is 430 g/mol. The van der Waals surface area contributed by atoms with Crippen LogP contribution in [0.2, 0.25) is 0 Å². The predicted octanol–water partition coefficient (Wildman–Crippen LogP) is 2.43. The lowest BCUT2D eigenvalue weighted by molar-refractivity contribution is -0.117. The third kappa shape index (κ3) is 5.14. The van der Waals surface area contributed by atoms with Crippen LogP contribution in [0.15, 0.2) is 30.6 Å². The van der Waals surface area contributed by atoms with E-state index in [9.17, 15) is 4.79 Å². The average Bonchev–Trinajstić information content (AvgIpc) is 3.69. The quantitative estimate of drug-likeness (QED) is 0.563. The van der Waals surface area contributed by atoms with Crippen LogP contribution >= 0.6 is 0 Å². The zero-order valence-electron chi connectivity index (χ0n) is 19.3. The molecule has 5 rings (SSSR count). The second-order valence-electron chi connectivity index (χ2n) is 8.74. The lowest BCUT2D eigenvalue weighted by atomic mass is 10.1. The van der Waals surface area contributed by atoms with Crippen molar-refractivity contribution >= 4 is 28.4 Å². The topological polar surface area (TPSA) is 105 Å². The molecule has 0 spiro atoms. The van der Waals surface area contributed by atoms with Gasteiger partial charge in [-0.25, -0.2) is 9.97 Å². The highest BCUT2D eigenvalue weighted by molar-refractivity contribution is 5.97. The summed E-state index contributed by atoms with van der Waals surface area (Å²) in [6.45, 7) is 5.57. The second-order valence-corrected chi connectivity index (χ2v) is 8.74. The molecule has 174 valence electrons. The number of morpholine rings is 1. The Hall–Kier alpha value is -3.61. The van der Waals surface area contributed by atoms with Gasteiger partial charge in [0.25, 0.3) is 0 Å². The molecule has 1 aliphatic heterocycles. The number of anilines is 2. The molecule has 9 nitrogen and oxygen atoms in total. The molecule has 2 N–H and O–H groups in total. The number of fused-ring (bicyclic) bond motifs is 1. The molecule has 2 fully saturated rings. The minimum atomic E-state index is -0.0139. The molecule has 0 bridgehead atoms. The Morgan fingerprint density at radius 2 is 2.09 bits per heavy atom. The summed E-state index contributed by atoms with van der Waals surface area (Å²) in [5, 5.41) is 15.1. The molecule has 1 saturated heterocycles. The Morgan fingerprint density at radius 3 is 2.82 bits per heavy atom. The van der Waals surface area contributed by atoms with Gasteiger partial charge in [-0.05, 0) is 43.4 Å². The van der Waals surface area contributed by atoms with Gasteiger partial charge in [0.15, 0.2) is 11.6 Å². The van der Waals surface area contributed by atoms with Crippen LogP contribution in [0.25, 0.3) is 10.9 Å². The van der Waals surface area contributed by atoms with Crippen molar-refractivity contribution in [3.63, 3.8) is 0 Å². The maximum Gasteiger partial charge on any atom is 0.228 e. The first-order valence-corrected chi connectivity index (χ1v) is 11.5. The highest BCUT2D eigenvalue weighted by Crippen LogP contribution is 2.30. The summed E-state index contributed by atoms with van der Waals surface area (Å²) in [5.41, 5.74) is 3.12. The zero-order chi connectivity index (χ0) is 23.5. The Balaban J connectivity index is 1.36. The lowest BCUT2D eigenvalue weighted by Crippen LogP contribution is -2.40. The highest BCUT2D eigenvalue weighted by Gasteiger charge is 2.30. The van der Waals surface area contributed by atoms with Crippen LogP contribution in [0.4, 0.5) is 11.6 Å². The molecule has 0 unspecified atom stereocenters. The lowest BCUT2D eigenvalue weighted by Gasteiger charge is -2.30. The van der Waals surface area contributed by atoms with Gasteiger partial charge in [-0.15, -0.1) is 10.2 Å². The summed E-state index contributed by atoms with van der Waals surface area (Å²) in [5.74, 6) is 7.39. The maximum atomic E-state index is 12.1. The Morgan fingerprint density at radius 1 is 1.21 bits per heavy atom. The number of carbonyl (C=O) groups is 1. The molecule has 34 heavy (non-hydrogen) atoms. The number of nitrogens with one attached hydrogen (secondary N) is 2. The van der Waals surface area contributed by atoms with Crippen molar-refractivity contribution in [2.45, 2.75) is 32.4 Å². The van der Waals surface area contributed by atoms with E-state index in [-0.39, 0.29) is 17.9 Å². The number of amides is 1. The van der Waals surface area contributed by atoms with Crippen LogP contribution in [0.5, 0.6) is 0 Å². The second kappa shape index (κ2) is 9.71. The van der Waals surface area contributed by atoms with Crippen molar-refractivity contribution in [3.8, 4) is 11.8 Å². The van der Waals surface area contributed by atoms with Crippen molar-refractivity contribution in [3.05, 3.63) is 47.4 Å². The van der Waals surface area contributed by atoms with Gasteiger partial charge in [0.05, 0.1) is 18.3 Å². The molecule has 0 aromatic carbocycles. The summed E-state index contributed by atoms with van der Waals surface area (Å²) in [6, 6.07) is 5.80. The normalized spacial score (nSPS) is 18.2. The van der Waals surface area contributed by atoms with Gasteiger partial charge in [-0.2, -0.15) is 0 Å². The van der Waals surface area contributed by atoms with E-state index in [1.165, 1.54) is 0 Å². The SMILES string of the molecule is CNc1ncc(C#Cc2ccc(CN3CCO[C@H](C)C3)cn2)c2cc(NC(=O)C3CC3)nnc12. The zero-order valence-corrected chi connectivity index (χ0v) is 19.3. The van der Waals surface area contributed by atoms with Crippen LogP contribution in [0.1, 0.15) is 36.6 Å². The number of aromatic nitrogens is 4. The summed E-state index contributed by atoms with van der Waals surface area (Å²) in [4.78, 5) is 23.5. The maximum absolute atomic E-state index is 12.1. The molecule has 1 amide bonds. The van der Waals surface area contributed by atoms with E-state index in [2.05, 4.69) is 60.5 Å². The minimum absolute atomic E-state index is 0.0139. The minimum Gasteiger partial charge on any atom is -0.376 e. The molecule has 2 aliphatic rings. The van der Waals surface area contributed by atoms with Crippen molar-refractivity contribution < 1.29 is 9.53 Å². The standard InChI is InChI=1S/C25H27N7O2/c1-16-14-32(9-10-34-16)15-17-3-7-20(27-12-17)8-6-19-13-28-24(26-2)23-21(19)11-22(30-31-23)29-25(33)18-4-5-18/h3,7,11-13,16,18H,4-5,9-10,14-15H2,1-2H3,(H,26,28)(H,29,30,33)/t16-/m1/s1. The number of rotatable bonds is 5. The van der Waals surface area contributed by atoms with E-state index < -0.39 is 0 Å². The first-order chi connectivity index (χ1) is 16.6. The van der Waals surface area contributed by atoms with Crippen LogP contribution in [-0.4, -0.2) is 63.8 Å². The van der Waals surface area contributed by atoms with Gasteiger partial charge >= 0.3 is 0 Å². The fourth-order valence-corrected chi connectivity index (χ4v) is 3.96. The Kier molecular flexibility index (Phi) is 6.34. The number of pyridine rings is 2. The highest BCUT2D eigenvalue weighted by atomic mass is 16.5. The first-order valence-electron chi connectivity index (χ1n) is 11.5. The molecule has 1 aliphatic carbocycles. The van der Waals surface area contributed by atoms with Crippen molar-refractivity contribution in [2.24, 2.45) is 5.92 Å². The van der Waals surface area contributed by atoms with Crippen LogP contribution in [-0.2, 0) is 16.1 Å². The van der Waals surface area contributed by atoms with Gasteiger partial charge < -0.3 is 15.4 Å². The molecule has 1 atom stereocenters. The summed E-state index contributed by atoms with van der Waals surface area (Å²) in [7, 11) is 1.78. The third-order valence-electron chi connectivity index (χ3n) is 5.95. The van der Waals surface area contributed by atoms with Gasteiger partial charge in [-0.3, -0.25) is 9.69 Å². The van der Waals surface area contributed by atoms with E-state index in [1.54, 1.807) is 19.3 Å². The molecule has 9 heteroatoms. The number of carbonyl (C=O) groups excluding carboxylic acids is 1. The van der Waals surface area contributed by atoms with Gasteiger partial charge in [0, 0.05) is 50.4 Å². The fraction of sp³-hybridized carbons (Fsp3) is 0.400. The first kappa shape index (κ1) is 22.2. The smallest absolute Gasteiger partial charge is 0.228 e. The number of ether oxygens (including phenoxy) is 1. The summed E-state index contributed by atoms with van der Waals surface area (Å²) >= 11 is 0. The third-order valence-corrected chi connectivity index (χ3v) is 5.95. The molecular formula is C25H27N7O2. The molecule has 3 aromatic heterocycles. The van der Waals surface area contributed by atoms with Crippen LogP contribution in [0.3, 0.4) is 0 Å². The number of hydrogen-bond acceptors (Lipinski definition) is 8. The summed E-state index contributed by atoms with van der Waals surface area (Å²) < 4.78 is 5.61. The summed E-state index contributed by atoms with van der Waals surface area (Å²) in [6.07, 6.45) is 5.69. The van der Waals surface area contributed by atoms with E-state index in [0.717, 1.165) is 50.0 Å². The van der Waals surface area contributed by atoms with Gasteiger partial charge in [0.1, 0.15) is 11.2 Å². The van der Waals surface area contributed by atoms with Crippen molar-refractivity contribution in [1.29, 1.82) is 0 Å². The van der Waals surface area contributed by atoms with Gasteiger partial charge in [0.2, 0.25) is 5.91 Å². The fourth-order valence-electron chi connectivity index (χ4n) is 3.96. The Bertz CT molecular complexity index is 1260. The molecule has 4 heterocycles. The largest absolute Gasteiger partial charge is 0.376 e. The van der Waals surface area contributed by atoms with E-state index in [1.807, 2.05) is 12.3 Å². The van der Waals surface area contributed by atoms with Gasteiger partial charge in [-0.1, -0.05) is 12.0 Å². The van der Waals surface area contributed by atoms with Crippen molar-refractivity contribution in [2.75, 3.05) is 37.4 Å². The molecule has 0 radical (unpaired) electrons.